The van der Waals surface area contributed by atoms with Gasteiger partial charge in [-0.2, -0.15) is 0 Å². The first-order valence-corrected chi connectivity index (χ1v) is 6.22. The molecule has 0 saturated heterocycles. The predicted molar refractivity (Wildman–Crippen MR) is 71.9 cm³/mol. The third-order valence-electron chi connectivity index (χ3n) is 2.89. The van der Waals surface area contributed by atoms with Crippen molar-refractivity contribution in [1.29, 1.82) is 0 Å². The number of hydrogen-bond acceptors (Lipinski definition) is 4. The van der Waals surface area contributed by atoms with Crippen molar-refractivity contribution in [2.45, 2.75) is 39.5 Å². The lowest BCUT2D eigenvalue weighted by molar-refractivity contribution is 0.102. The van der Waals surface area contributed by atoms with Crippen molar-refractivity contribution >= 4 is 0 Å². The number of benzene rings is 1. The molecule has 0 spiro atoms. The first kappa shape index (κ1) is 14.8. The average molecular weight is 253 g/mol. The zero-order chi connectivity index (χ0) is 13.7. The van der Waals surface area contributed by atoms with Crippen molar-refractivity contribution in [3.8, 4) is 11.5 Å². The molecule has 0 bridgehead atoms. The Hall–Kier alpha value is -1.26. The molecule has 4 nitrogen and oxygen atoms in total. The number of phenols is 1. The molecule has 0 aliphatic rings. The van der Waals surface area contributed by atoms with Crippen molar-refractivity contribution < 1.29 is 14.9 Å². The summed E-state index contributed by atoms with van der Waals surface area (Å²) in [5.74, 6) is 0.982. The van der Waals surface area contributed by atoms with E-state index in [1.165, 1.54) is 0 Å². The first-order valence-electron chi connectivity index (χ1n) is 6.22. The highest BCUT2D eigenvalue weighted by atomic mass is 16.5. The highest BCUT2D eigenvalue weighted by Crippen LogP contribution is 2.24. The smallest absolute Gasteiger partial charge is 0.120 e. The summed E-state index contributed by atoms with van der Waals surface area (Å²) in [5, 5.41) is 19.3. The number of hydrogen-bond donors (Lipinski definition) is 2. The second-order valence-corrected chi connectivity index (χ2v) is 4.87. The van der Waals surface area contributed by atoms with E-state index in [0.29, 0.717) is 19.1 Å². The molecule has 1 atom stereocenters. The van der Waals surface area contributed by atoms with Gasteiger partial charge < -0.3 is 14.9 Å². The quantitative estimate of drug-likeness (QED) is 0.814. The van der Waals surface area contributed by atoms with E-state index in [1.54, 1.807) is 26.2 Å². The number of methoxy groups -OCH3 is 1. The van der Waals surface area contributed by atoms with Gasteiger partial charge in [-0.25, -0.2) is 0 Å². The van der Waals surface area contributed by atoms with Gasteiger partial charge in [0, 0.05) is 24.7 Å². The third kappa shape index (κ3) is 4.20. The standard InChI is InChI=1S/C14H23NO3/c1-10(2)15(8-11(3)16)9-12-7-13(18-4)5-6-14(12)17/h5-7,10-11,16-17H,8-9H2,1-4H3. The normalized spacial score (nSPS) is 13.1. The fourth-order valence-electron chi connectivity index (χ4n) is 1.83. The maximum Gasteiger partial charge on any atom is 0.120 e. The van der Waals surface area contributed by atoms with E-state index >= 15 is 0 Å². The fourth-order valence-corrected chi connectivity index (χ4v) is 1.83. The van der Waals surface area contributed by atoms with Crippen molar-refractivity contribution in [3.05, 3.63) is 23.8 Å². The Kier molecular flexibility index (Phi) is 5.44. The number of aliphatic hydroxyl groups is 1. The number of rotatable bonds is 6. The molecule has 1 aromatic rings. The van der Waals surface area contributed by atoms with Crippen LogP contribution in [0.4, 0.5) is 0 Å². The van der Waals surface area contributed by atoms with E-state index in [-0.39, 0.29) is 11.9 Å². The highest BCUT2D eigenvalue weighted by Gasteiger charge is 2.15. The zero-order valence-corrected chi connectivity index (χ0v) is 11.6. The number of ether oxygens (including phenoxy) is 1. The second-order valence-electron chi connectivity index (χ2n) is 4.87. The number of phenolic OH excluding ortho intramolecular Hbond substituents is 1. The van der Waals surface area contributed by atoms with Gasteiger partial charge >= 0.3 is 0 Å². The van der Waals surface area contributed by atoms with Gasteiger partial charge in [-0.15, -0.1) is 0 Å². The summed E-state index contributed by atoms with van der Waals surface area (Å²) in [5.41, 5.74) is 0.809. The molecule has 0 aromatic heterocycles. The molecule has 0 fully saturated rings. The molecule has 0 radical (unpaired) electrons. The minimum atomic E-state index is -0.389. The Morgan fingerprint density at radius 3 is 2.44 bits per heavy atom. The van der Waals surface area contributed by atoms with E-state index in [0.717, 1.165) is 11.3 Å². The largest absolute Gasteiger partial charge is 0.508 e. The molecule has 2 N–H and O–H groups in total. The van der Waals surface area contributed by atoms with E-state index in [2.05, 4.69) is 18.7 Å². The van der Waals surface area contributed by atoms with Gasteiger partial charge in [-0.3, -0.25) is 4.90 Å². The summed E-state index contributed by atoms with van der Waals surface area (Å²) >= 11 is 0. The van der Waals surface area contributed by atoms with Crippen molar-refractivity contribution in [2.24, 2.45) is 0 Å². The molecule has 102 valence electrons. The van der Waals surface area contributed by atoms with Gasteiger partial charge in [-0.1, -0.05) is 0 Å². The maximum atomic E-state index is 9.85. The minimum Gasteiger partial charge on any atom is -0.508 e. The molecule has 1 rings (SSSR count). The van der Waals surface area contributed by atoms with Gasteiger partial charge in [0.25, 0.3) is 0 Å². The van der Waals surface area contributed by atoms with Gasteiger partial charge in [0.15, 0.2) is 0 Å². The fraction of sp³-hybridized carbons (Fsp3) is 0.571. The van der Waals surface area contributed by atoms with E-state index in [1.807, 2.05) is 6.07 Å². The molecule has 1 aromatic carbocycles. The Bertz CT molecular complexity index is 377. The Labute approximate surface area is 109 Å². The molecule has 1 unspecified atom stereocenters. The summed E-state index contributed by atoms with van der Waals surface area (Å²) in [7, 11) is 1.60. The molecular weight excluding hydrogens is 230 g/mol. The van der Waals surface area contributed by atoms with Crippen LogP contribution < -0.4 is 4.74 Å². The summed E-state index contributed by atoms with van der Waals surface area (Å²) in [4.78, 5) is 2.11. The second kappa shape index (κ2) is 6.61. The van der Waals surface area contributed by atoms with Crippen LogP contribution in [0, 0.1) is 0 Å². The molecule has 0 amide bonds. The van der Waals surface area contributed by atoms with Gasteiger partial charge in [-0.05, 0) is 39.0 Å². The van der Waals surface area contributed by atoms with E-state index in [4.69, 9.17) is 4.74 Å². The molecular formula is C14H23NO3. The van der Waals surface area contributed by atoms with Gasteiger partial charge in [0.2, 0.25) is 0 Å². The molecule has 0 aliphatic carbocycles. The molecule has 0 heterocycles. The first-order chi connectivity index (χ1) is 8.43. The lowest BCUT2D eigenvalue weighted by atomic mass is 10.1. The van der Waals surface area contributed by atoms with Crippen LogP contribution in [0.25, 0.3) is 0 Å². The Morgan fingerprint density at radius 1 is 1.28 bits per heavy atom. The van der Waals surface area contributed by atoms with Gasteiger partial charge in [0.05, 0.1) is 13.2 Å². The van der Waals surface area contributed by atoms with Crippen LogP contribution in [0.15, 0.2) is 18.2 Å². The van der Waals surface area contributed by atoms with Crippen molar-refractivity contribution in [3.63, 3.8) is 0 Å². The minimum absolute atomic E-state index is 0.257. The maximum absolute atomic E-state index is 9.85. The molecule has 4 heteroatoms. The van der Waals surface area contributed by atoms with Crippen LogP contribution in [-0.2, 0) is 6.54 Å². The van der Waals surface area contributed by atoms with E-state index < -0.39 is 0 Å². The van der Waals surface area contributed by atoms with Crippen LogP contribution in [0.2, 0.25) is 0 Å². The number of aliphatic hydroxyl groups excluding tert-OH is 1. The number of aromatic hydroxyl groups is 1. The lowest BCUT2D eigenvalue weighted by Crippen LogP contribution is -2.36. The third-order valence-corrected chi connectivity index (χ3v) is 2.89. The van der Waals surface area contributed by atoms with Crippen molar-refractivity contribution in [1.82, 2.24) is 4.90 Å². The summed E-state index contributed by atoms with van der Waals surface area (Å²) in [6.45, 7) is 7.07. The van der Waals surface area contributed by atoms with Crippen LogP contribution in [0.5, 0.6) is 11.5 Å². The molecule has 0 saturated carbocycles. The van der Waals surface area contributed by atoms with E-state index in [9.17, 15) is 10.2 Å². The Morgan fingerprint density at radius 2 is 1.94 bits per heavy atom. The molecule has 0 aliphatic heterocycles. The number of nitrogens with zero attached hydrogens (tertiary/aromatic N) is 1. The summed E-state index contributed by atoms with van der Waals surface area (Å²) in [6, 6.07) is 5.49. The van der Waals surface area contributed by atoms with Crippen molar-refractivity contribution in [2.75, 3.05) is 13.7 Å². The topological polar surface area (TPSA) is 52.9 Å². The zero-order valence-electron chi connectivity index (χ0n) is 11.6. The molecule has 18 heavy (non-hydrogen) atoms. The monoisotopic (exact) mass is 253 g/mol. The lowest BCUT2D eigenvalue weighted by Gasteiger charge is -2.28. The van der Waals surface area contributed by atoms with Crippen LogP contribution >= 0.6 is 0 Å². The SMILES string of the molecule is COc1ccc(O)c(CN(CC(C)O)C(C)C)c1. The Balaban J connectivity index is 2.85. The highest BCUT2D eigenvalue weighted by molar-refractivity contribution is 5.39. The average Bonchev–Trinajstić information content (AvgIpc) is 2.30. The predicted octanol–water partition coefficient (Wildman–Crippen LogP) is 1.99. The summed E-state index contributed by atoms with van der Waals surface area (Å²) < 4.78 is 5.15. The van der Waals surface area contributed by atoms with Crippen LogP contribution in [0.1, 0.15) is 26.3 Å². The summed E-state index contributed by atoms with van der Waals surface area (Å²) in [6.07, 6.45) is -0.389. The van der Waals surface area contributed by atoms with Gasteiger partial charge in [0.1, 0.15) is 11.5 Å². The van der Waals surface area contributed by atoms with Crippen LogP contribution in [-0.4, -0.2) is 40.9 Å². The van der Waals surface area contributed by atoms with Crippen LogP contribution in [0.3, 0.4) is 0 Å².